The zero-order valence-electron chi connectivity index (χ0n) is 17.7. The minimum atomic E-state index is -0.878. The Balaban J connectivity index is 3.05. The molecule has 0 bridgehead atoms. The van der Waals surface area contributed by atoms with Crippen LogP contribution in [0.25, 0.3) is 0 Å². The molecule has 7 nitrogen and oxygen atoms in total. The fourth-order valence-electron chi connectivity index (χ4n) is 2.81. The smallest absolute Gasteiger partial charge is 0.408 e. The Morgan fingerprint density at radius 2 is 1.71 bits per heavy atom. The van der Waals surface area contributed by atoms with Gasteiger partial charge in [-0.3, -0.25) is 9.59 Å². The van der Waals surface area contributed by atoms with E-state index in [4.69, 9.17) is 10.5 Å². The highest BCUT2D eigenvalue weighted by atomic mass is 16.6. The Morgan fingerprint density at radius 3 is 2.18 bits per heavy atom. The van der Waals surface area contributed by atoms with Gasteiger partial charge in [-0.2, -0.15) is 0 Å². The van der Waals surface area contributed by atoms with Crippen molar-refractivity contribution < 1.29 is 19.1 Å². The highest BCUT2D eigenvalue weighted by Gasteiger charge is 2.32. The third-order valence-electron chi connectivity index (χ3n) is 4.11. The average molecular weight is 392 g/mol. The molecule has 1 aromatic rings. The number of nitrogens with two attached hydrogens (primary N) is 1. The summed E-state index contributed by atoms with van der Waals surface area (Å²) in [5.41, 5.74) is 5.70. The van der Waals surface area contributed by atoms with E-state index in [1.807, 2.05) is 44.2 Å². The van der Waals surface area contributed by atoms with Gasteiger partial charge >= 0.3 is 6.09 Å². The van der Waals surface area contributed by atoms with Crippen LogP contribution >= 0.6 is 0 Å². The molecule has 0 fully saturated rings. The molecule has 1 rings (SSSR count). The molecule has 0 aliphatic rings. The molecule has 0 aliphatic heterocycles. The Bertz CT molecular complexity index is 668. The highest BCUT2D eigenvalue weighted by Crippen LogP contribution is 2.14. The Morgan fingerprint density at radius 1 is 1.14 bits per heavy atom. The van der Waals surface area contributed by atoms with E-state index in [9.17, 15) is 14.4 Å². The topological polar surface area (TPSA) is 102 Å². The van der Waals surface area contributed by atoms with Crippen molar-refractivity contribution in [1.29, 1.82) is 0 Å². The number of rotatable bonds is 8. The molecule has 0 aromatic heterocycles. The normalized spacial score (nSPS) is 13.5. The Labute approximate surface area is 167 Å². The van der Waals surface area contributed by atoms with Gasteiger partial charge < -0.3 is 20.7 Å². The fourth-order valence-corrected chi connectivity index (χ4v) is 2.81. The van der Waals surface area contributed by atoms with Gasteiger partial charge in [0.15, 0.2) is 0 Å². The lowest BCUT2D eigenvalue weighted by Gasteiger charge is -2.31. The molecule has 0 aliphatic carbocycles. The molecule has 156 valence electrons. The zero-order valence-corrected chi connectivity index (χ0v) is 17.7. The molecule has 0 saturated heterocycles. The maximum absolute atomic E-state index is 13.1. The minimum absolute atomic E-state index is 0.180. The van der Waals surface area contributed by atoms with Gasteiger partial charge in [0.2, 0.25) is 11.8 Å². The molecule has 0 unspecified atom stereocenters. The van der Waals surface area contributed by atoms with Gasteiger partial charge in [-0.05, 0) is 38.7 Å². The molecule has 1 aromatic carbocycles. The van der Waals surface area contributed by atoms with Crippen LogP contribution in [0.3, 0.4) is 0 Å². The van der Waals surface area contributed by atoms with Crippen molar-refractivity contribution in [1.82, 2.24) is 10.2 Å². The molecule has 0 saturated carbocycles. The number of carbonyl (C=O) groups excluding carboxylic acids is 3. The lowest BCUT2D eigenvalue weighted by atomic mass is 10.00. The quantitative estimate of drug-likeness (QED) is 0.711. The summed E-state index contributed by atoms with van der Waals surface area (Å²) in [5, 5.41) is 2.65. The van der Waals surface area contributed by atoms with Crippen molar-refractivity contribution in [3.8, 4) is 0 Å². The first kappa shape index (κ1) is 23.5. The molecule has 2 atom stereocenters. The highest BCUT2D eigenvalue weighted by molar-refractivity contribution is 5.90. The third-order valence-corrected chi connectivity index (χ3v) is 4.11. The van der Waals surface area contributed by atoms with Gasteiger partial charge in [-0.25, -0.2) is 4.79 Å². The number of likely N-dealkylation sites (N-methyl/N-ethyl adjacent to an activating group) is 1. The summed E-state index contributed by atoms with van der Waals surface area (Å²) in [4.78, 5) is 38.6. The Kier molecular flexibility index (Phi) is 8.47. The number of nitrogens with zero attached hydrogens (tertiary/aromatic N) is 1. The van der Waals surface area contributed by atoms with E-state index in [1.54, 1.807) is 20.8 Å². The van der Waals surface area contributed by atoms with Crippen molar-refractivity contribution in [2.24, 2.45) is 11.7 Å². The van der Waals surface area contributed by atoms with Crippen molar-refractivity contribution in [3.63, 3.8) is 0 Å². The largest absolute Gasteiger partial charge is 0.444 e. The zero-order chi connectivity index (χ0) is 21.5. The van der Waals surface area contributed by atoms with E-state index in [2.05, 4.69) is 5.32 Å². The van der Waals surface area contributed by atoms with Crippen LogP contribution in [0.2, 0.25) is 0 Å². The van der Waals surface area contributed by atoms with E-state index in [1.165, 1.54) is 11.9 Å². The second kappa shape index (κ2) is 10.1. The Hall–Kier alpha value is -2.57. The minimum Gasteiger partial charge on any atom is -0.444 e. The van der Waals surface area contributed by atoms with Crippen LogP contribution in [0.5, 0.6) is 0 Å². The van der Waals surface area contributed by atoms with Crippen molar-refractivity contribution >= 4 is 17.9 Å². The number of nitrogens with one attached hydrogen (secondary N) is 1. The standard InChI is InChI=1S/C21H33N3O4/c1-14(2)12-17(18(22)25)24(6)19(26)16(13-15-10-8-7-9-11-15)23-20(27)28-21(3,4)5/h7-11,14,16-17H,12-13H2,1-6H3,(H2,22,25)(H,23,27)/t16-,17-/m0/s1. The number of hydrogen-bond donors (Lipinski definition) is 2. The van der Waals surface area contributed by atoms with Gasteiger partial charge in [-0.15, -0.1) is 0 Å². The molecule has 7 heteroatoms. The third kappa shape index (κ3) is 7.98. The summed E-state index contributed by atoms with van der Waals surface area (Å²) in [7, 11) is 1.54. The molecule has 0 radical (unpaired) electrons. The lowest BCUT2D eigenvalue weighted by Crippen LogP contribution is -2.55. The summed E-state index contributed by atoms with van der Waals surface area (Å²) in [6.45, 7) is 9.15. The monoisotopic (exact) mass is 391 g/mol. The summed E-state index contributed by atoms with van der Waals surface area (Å²) < 4.78 is 5.30. The number of alkyl carbamates (subject to hydrolysis) is 1. The number of primary amides is 1. The summed E-state index contributed by atoms with van der Waals surface area (Å²) in [6, 6.07) is 7.72. The van der Waals surface area contributed by atoms with Crippen LogP contribution in [0.4, 0.5) is 4.79 Å². The second-order valence-electron chi connectivity index (χ2n) is 8.39. The van der Waals surface area contributed by atoms with Crippen LogP contribution in [0, 0.1) is 5.92 Å². The molecule has 3 amide bonds. The van der Waals surface area contributed by atoms with E-state index in [0.717, 1.165) is 5.56 Å². The maximum Gasteiger partial charge on any atom is 0.408 e. The number of benzene rings is 1. The summed E-state index contributed by atoms with van der Waals surface area (Å²) in [5.74, 6) is -0.779. The van der Waals surface area contributed by atoms with Gasteiger partial charge in [0.05, 0.1) is 0 Å². The number of hydrogen-bond acceptors (Lipinski definition) is 4. The van der Waals surface area contributed by atoms with Crippen molar-refractivity contribution in [3.05, 3.63) is 35.9 Å². The first-order valence-electron chi connectivity index (χ1n) is 9.50. The SMILES string of the molecule is CC(C)C[C@@H](C(N)=O)N(C)C(=O)[C@H](Cc1ccccc1)NC(=O)OC(C)(C)C. The summed E-state index contributed by atoms with van der Waals surface area (Å²) in [6.07, 6.45) is 0.0352. The van der Waals surface area contributed by atoms with Crippen LogP contribution in [0.1, 0.15) is 46.6 Å². The van der Waals surface area contributed by atoms with Gasteiger partial charge in [0.25, 0.3) is 0 Å². The van der Waals surface area contributed by atoms with Crippen LogP contribution in [-0.2, 0) is 20.7 Å². The molecule has 0 spiro atoms. The van der Waals surface area contributed by atoms with Crippen molar-refractivity contribution in [2.45, 2.75) is 65.1 Å². The molecular weight excluding hydrogens is 358 g/mol. The van der Waals surface area contributed by atoms with E-state index < -0.39 is 29.7 Å². The predicted octanol–water partition coefficient (Wildman–Crippen LogP) is 2.48. The molecule has 3 N–H and O–H groups in total. The van der Waals surface area contributed by atoms with Crippen LogP contribution in [-0.4, -0.2) is 47.5 Å². The predicted molar refractivity (Wildman–Crippen MR) is 109 cm³/mol. The average Bonchev–Trinajstić information content (AvgIpc) is 2.56. The van der Waals surface area contributed by atoms with E-state index in [-0.39, 0.29) is 18.2 Å². The number of ether oxygens (including phenoxy) is 1. The van der Waals surface area contributed by atoms with E-state index >= 15 is 0 Å². The summed E-state index contributed by atoms with van der Waals surface area (Å²) >= 11 is 0. The molecule has 0 heterocycles. The number of amides is 3. The van der Waals surface area contributed by atoms with Gasteiger partial charge in [0.1, 0.15) is 17.7 Å². The molecule has 28 heavy (non-hydrogen) atoms. The first-order chi connectivity index (χ1) is 12.9. The lowest BCUT2D eigenvalue weighted by molar-refractivity contribution is -0.139. The number of carbonyl (C=O) groups is 3. The van der Waals surface area contributed by atoms with Crippen LogP contribution in [0.15, 0.2) is 30.3 Å². The van der Waals surface area contributed by atoms with E-state index in [0.29, 0.717) is 6.42 Å². The first-order valence-corrected chi connectivity index (χ1v) is 9.50. The maximum atomic E-state index is 13.1. The molecular formula is C21H33N3O4. The van der Waals surface area contributed by atoms with Crippen molar-refractivity contribution in [2.75, 3.05) is 7.05 Å². The van der Waals surface area contributed by atoms with Gasteiger partial charge in [0, 0.05) is 13.5 Å². The second-order valence-corrected chi connectivity index (χ2v) is 8.39. The fraction of sp³-hybridized carbons (Fsp3) is 0.571. The van der Waals surface area contributed by atoms with Crippen LogP contribution < -0.4 is 11.1 Å². The van der Waals surface area contributed by atoms with Gasteiger partial charge in [-0.1, -0.05) is 44.2 Å².